The lowest BCUT2D eigenvalue weighted by atomic mass is 10.1. The van der Waals surface area contributed by atoms with Gasteiger partial charge in [-0.2, -0.15) is 0 Å². The summed E-state index contributed by atoms with van der Waals surface area (Å²) in [6.45, 7) is 6.04. The third-order valence-electron chi connectivity index (χ3n) is 3.32. The largest absolute Gasteiger partial charge is 0.356 e. The highest BCUT2D eigenvalue weighted by Crippen LogP contribution is 2.18. The fourth-order valence-electron chi connectivity index (χ4n) is 2.23. The number of aromatic nitrogens is 2. The molecule has 0 amide bonds. The van der Waals surface area contributed by atoms with E-state index < -0.39 is 11.2 Å². The van der Waals surface area contributed by atoms with E-state index in [9.17, 15) is 9.59 Å². The molecule has 2 aromatic rings. The third kappa shape index (κ3) is 3.67. The fraction of sp³-hybridized carbons (Fsp3) is 0.375. The van der Waals surface area contributed by atoms with E-state index >= 15 is 0 Å². The number of rotatable bonds is 5. The van der Waals surface area contributed by atoms with Crippen LogP contribution in [0.1, 0.15) is 36.5 Å². The molecule has 0 aliphatic heterocycles. The second-order valence-corrected chi connectivity index (χ2v) is 5.87. The van der Waals surface area contributed by atoms with E-state index in [1.54, 1.807) is 0 Å². The van der Waals surface area contributed by atoms with Crippen LogP contribution in [0.5, 0.6) is 0 Å². The molecule has 0 fully saturated rings. The Hall–Kier alpha value is -1.85. The van der Waals surface area contributed by atoms with E-state index in [2.05, 4.69) is 4.98 Å². The average molecular weight is 323 g/mol. The molecule has 118 valence electrons. The highest BCUT2D eigenvalue weighted by atomic mass is 35.5. The predicted octanol–water partition coefficient (Wildman–Crippen LogP) is 2.80. The lowest BCUT2D eigenvalue weighted by Gasteiger charge is -2.13. The highest BCUT2D eigenvalue weighted by molar-refractivity contribution is 6.30. The Balaban J connectivity index is 2.18. The smallest absolute Gasteiger partial charge is 0.331 e. The standard InChI is InChI=1S/C16H19ClN2O3/c1-10(2)13-14(17)19(16(21)18-15(13)20)9-22-8-12-6-4-5-11(3)7-12/h4-7,10H,8-9H2,1-3H3,(H,18,20,21). The Kier molecular flexibility index (Phi) is 5.21. The number of hydrogen-bond acceptors (Lipinski definition) is 3. The molecule has 0 bridgehead atoms. The maximum Gasteiger partial charge on any atom is 0.331 e. The van der Waals surface area contributed by atoms with Gasteiger partial charge in [0.25, 0.3) is 5.56 Å². The molecule has 0 spiro atoms. The van der Waals surface area contributed by atoms with Crippen LogP contribution in [-0.2, 0) is 18.1 Å². The van der Waals surface area contributed by atoms with Gasteiger partial charge in [-0.3, -0.25) is 14.3 Å². The third-order valence-corrected chi connectivity index (χ3v) is 3.73. The van der Waals surface area contributed by atoms with Crippen molar-refractivity contribution < 1.29 is 4.74 Å². The van der Waals surface area contributed by atoms with Crippen LogP contribution in [-0.4, -0.2) is 9.55 Å². The monoisotopic (exact) mass is 322 g/mol. The Morgan fingerprint density at radius 2 is 2.05 bits per heavy atom. The van der Waals surface area contributed by atoms with Crippen molar-refractivity contribution in [2.45, 2.75) is 40.0 Å². The van der Waals surface area contributed by atoms with Crippen LogP contribution in [0.4, 0.5) is 0 Å². The molecule has 0 aliphatic rings. The van der Waals surface area contributed by atoms with Gasteiger partial charge in [-0.1, -0.05) is 55.3 Å². The minimum Gasteiger partial charge on any atom is -0.356 e. The number of hydrogen-bond donors (Lipinski definition) is 1. The average Bonchev–Trinajstić information content (AvgIpc) is 2.41. The summed E-state index contributed by atoms with van der Waals surface area (Å²) in [5, 5.41) is 0.132. The fourth-order valence-corrected chi connectivity index (χ4v) is 2.66. The number of benzene rings is 1. The van der Waals surface area contributed by atoms with Gasteiger partial charge in [0.1, 0.15) is 11.9 Å². The molecule has 0 saturated heterocycles. The van der Waals surface area contributed by atoms with Crippen LogP contribution in [0.15, 0.2) is 33.9 Å². The topological polar surface area (TPSA) is 64.1 Å². The summed E-state index contributed by atoms with van der Waals surface area (Å²) in [4.78, 5) is 25.9. The van der Waals surface area contributed by atoms with Gasteiger partial charge in [-0.05, 0) is 18.4 Å². The Labute approximate surface area is 133 Å². The second-order valence-electron chi connectivity index (χ2n) is 5.51. The molecule has 1 aromatic heterocycles. The Bertz CT molecular complexity index is 778. The normalized spacial score (nSPS) is 11.1. The molecule has 0 unspecified atom stereocenters. The van der Waals surface area contributed by atoms with Gasteiger partial charge in [0.05, 0.1) is 12.2 Å². The molecule has 1 heterocycles. The summed E-state index contributed by atoms with van der Waals surface area (Å²) in [6, 6.07) is 7.91. The van der Waals surface area contributed by atoms with Gasteiger partial charge in [0, 0.05) is 0 Å². The van der Waals surface area contributed by atoms with Crippen molar-refractivity contribution in [3.05, 3.63) is 66.9 Å². The summed E-state index contributed by atoms with van der Waals surface area (Å²) >= 11 is 6.18. The van der Waals surface area contributed by atoms with Crippen molar-refractivity contribution in [3.63, 3.8) is 0 Å². The second kappa shape index (κ2) is 6.94. The van der Waals surface area contributed by atoms with Crippen molar-refractivity contribution in [2.24, 2.45) is 0 Å². The molecule has 1 aromatic carbocycles. The minimum atomic E-state index is -0.566. The molecule has 22 heavy (non-hydrogen) atoms. The van der Waals surface area contributed by atoms with Gasteiger partial charge in [0.15, 0.2) is 0 Å². The Morgan fingerprint density at radius 3 is 2.68 bits per heavy atom. The molecule has 1 N–H and O–H groups in total. The first-order chi connectivity index (χ1) is 10.4. The van der Waals surface area contributed by atoms with Gasteiger partial charge < -0.3 is 4.74 Å². The van der Waals surface area contributed by atoms with E-state index in [0.717, 1.165) is 11.1 Å². The van der Waals surface area contributed by atoms with E-state index in [1.807, 2.05) is 45.0 Å². The van der Waals surface area contributed by atoms with Crippen molar-refractivity contribution in [1.29, 1.82) is 0 Å². The van der Waals surface area contributed by atoms with E-state index in [0.29, 0.717) is 12.2 Å². The number of ether oxygens (including phenoxy) is 1. The zero-order valence-electron chi connectivity index (χ0n) is 12.9. The first kappa shape index (κ1) is 16.5. The summed E-state index contributed by atoms with van der Waals surface area (Å²) < 4.78 is 6.78. The molecule has 2 rings (SSSR count). The zero-order chi connectivity index (χ0) is 16.3. The van der Waals surface area contributed by atoms with Crippen molar-refractivity contribution >= 4 is 11.6 Å². The van der Waals surface area contributed by atoms with Gasteiger partial charge in [-0.15, -0.1) is 0 Å². The van der Waals surface area contributed by atoms with Gasteiger partial charge >= 0.3 is 5.69 Å². The summed E-state index contributed by atoms with van der Waals surface area (Å²) in [6.07, 6.45) is 0. The lowest BCUT2D eigenvalue weighted by molar-refractivity contribution is 0.0607. The van der Waals surface area contributed by atoms with E-state index in [4.69, 9.17) is 16.3 Å². The van der Waals surface area contributed by atoms with Gasteiger partial charge in [-0.25, -0.2) is 4.79 Å². The van der Waals surface area contributed by atoms with E-state index in [-0.39, 0.29) is 17.8 Å². The predicted molar refractivity (Wildman–Crippen MR) is 86.4 cm³/mol. The van der Waals surface area contributed by atoms with Crippen LogP contribution in [0, 0.1) is 6.92 Å². The van der Waals surface area contributed by atoms with Crippen molar-refractivity contribution in [3.8, 4) is 0 Å². The summed E-state index contributed by atoms with van der Waals surface area (Å²) in [5.74, 6) is -0.0835. The zero-order valence-corrected chi connectivity index (χ0v) is 13.6. The molecular formula is C16H19ClN2O3. The summed E-state index contributed by atoms with van der Waals surface area (Å²) in [7, 11) is 0. The first-order valence-electron chi connectivity index (χ1n) is 7.06. The van der Waals surface area contributed by atoms with Crippen LogP contribution in [0.25, 0.3) is 0 Å². The number of H-pyrrole nitrogens is 1. The molecule has 0 atom stereocenters. The number of nitrogens with one attached hydrogen (secondary N) is 1. The minimum absolute atomic E-state index is 0.0118. The summed E-state index contributed by atoms with van der Waals surface area (Å²) in [5.41, 5.74) is 1.53. The van der Waals surface area contributed by atoms with Crippen LogP contribution in [0.2, 0.25) is 5.15 Å². The molecule has 0 aliphatic carbocycles. The van der Waals surface area contributed by atoms with Crippen molar-refractivity contribution in [2.75, 3.05) is 0 Å². The van der Waals surface area contributed by atoms with Gasteiger partial charge in [0.2, 0.25) is 0 Å². The molecule has 6 heteroatoms. The molecular weight excluding hydrogens is 304 g/mol. The highest BCUT2D eigenvalue weighted by Gasteiger charge is 2.15. The first-order valence-corrected chi connectivity index (χ1v) is 7.43. The van der Waals surface area contributed by atoms with Crippen LogP contribution in [0.3, 0.4) is 0 Å². The maximum atomic E-state index is 11.9. The van der Waals surface area contributed by atoms with Crippen molar-refractivity contribution in [1.82, 2.24) is 9.55 Å². The lowest BCUT2D eigenvalue weighted by Crippen LogP contribution is -2.34. The quantitative estimate of drug-likeness (QED) is 0.861. The molecule has 0 radical (unpaired) electrons. The number of aromatic amines is 1. The number of halogens is 1. The van der Waals surface area contributed by atoms with Crippen LogP contribution < -0.4 is 11.2 Å². The number of aryl methyl sites for hydroxylation is 1. The van der Waals surface area contributed by atoms with Crippen LogP contribution >= 0.6 is 11.6 Å². The molecule has 0 saturated carbocycles. The molecule has 5 nitrogen and oxygen atoms in total. The SMILES string of the molecule is Cc1cccc(COCn2c(Cl)c(C(C)C)c(=O)[nH]c2=O)c1. The van der Waals surface area contributed by atoms with E-state index in [1.165, 1.54) is 4.57 Å². The maximum absolute atomic E-state index is 11.9. The number of nitrogens with zero attached hydrogens (tertiary/aromatic N) is 1. The Morgan fingerprint density at radius 1 is 1.32 bits per heavy atom.